The predicted molar refractivity (Wildman–Crippen MR) is 65.2 cm³/mol. The first-order valence-electron chi connectivity index (χ1n) is 5.01. The lowest BCUT2D eigenvalue weighted by Gasteiger charge is -2.09. The van der Waals surface area contributed by atoms with E-state index in [0.29, 0.717) is 5.25 Å². The Hall–Kier alpha value is -0.890. The van der Waals surface area contributed by atoms with Crippen molar-refractivity contribution in [3.63, 3.8) is 0 Å². The zero-order chi connectivity index (χ0) is 9.97. The highest BCUT2D eigenvalue weighted by molar-refractivity contribution is 7.81. The summed E-state index contributed by atoms with van der Waals surface area (Å²) in [5.41, 5.74) is 4.07. The van der Waals surface area contributed by atoms with Gasteiger partial charge in [-0.3, -0.25) is 0 Å². The molecule has 1 nitrogen and oxygen atoms in total. The monoisotopic (exact) mass is 205 g/mol. The quantitative estimate of drug-likeness (QED) is 0.569. The van der Waals surface area contributed by atoms with Gasteiger partial charge in [0, 0.05) is 17.5 Å². The second kappa shape index (κ2) is 4.09. The van der Waals surface area contributed by atoms with Gasteiger partial charge in [0.1, 0.15) is 0 Å². The third kappa shape index (κ3) is 2.13. The normalized spacial score (nSPS) is 19.0. The van der Waals surface area contributed by atoms with Crippen molar-refractivity contribution in [1.29, 1.82) is 0 Å². The van der Waals surface area contributed by atoms with Crippen molar-refractivity contribution >= 4 is 18.3 Å². The van der Waals surface area contributed by atoms with Crippen molar-refractivity contribution in [2.75, 3.05) is 11.9 Å². The molecule has 0 aliphatic heterocycles. The summed E-state index contributed by atoms with van der Waals surface area (Å²) in [6.07, 6.45) is 3.24. The van der Waals surface area contributed by atoms with Gasteiger partial charge in [0.2, 0.25) is 0 Å². The molecule has 1 N–H and O–H groups in total. The summed E-state index contributed by atoms with van der Waals surface area (Å²) in [5, 5.41) is 3.81. The zero-order valence-electron chi connectivity index (χ0n) is 8.33. The van der Waals surface area contributed by atoms with E-state index in [0.717, 1.165) is 13.0 Å². The van der Waals surface area contributed by atoms with Gasteiger partial charge < -0.3 is 5.32 Å². The number of nitrogens with one attached hydrogen (secondary N) is 1. The van der Waals surface area contributed by atoms with Crippen molar-refractivity contribution < 1.29 is 0 Å². The zero-order valence-corrected chi connectivity index (χ0v) is 9.22. The fourth-order valence-electron chi connectivity index (χ4n) is 1.58. The van der Waals surface area contributed by atoms with Gasteiger partial charge in [0.05, 0.1) is 0 Å². The Kier molecular flexibility index (Phi) is 2.82. The highest BCUT2D eigenvalue weighted by atomic mass is 32.1. The number of benzene rings is 1. The van der Waals surface area contributed by atoms with E-state index in [1.54, 1.807) is 0 Å². The van der Waals surface area contributed by atoms with E-state index in [1.165, 1.54) is 16.8 Å². The highest BCUT2D eigenvalue weighted by Crippen LogP contribution is 2.31. The second-order valence-corrected chi connectivity index (χ2v) is 4.11. The van der Waals surface area contributed by atoms with Gasteiger partial charge >= 0.3 is 0 Å². The molecule has 1 unspecified atom stereocenters. The van der Waals surface area contributed by atoms with Crippen molar-refractivity contribution in [1.82, 2.24) is 0 Å². The van der Waals surface area contributed by atoms with Crippen molar-refractivity contribution in [3.8, 4) is 0 Å². The van der Waals surface area contributed by atoms with Crippen LogP contribution < -0.4 is 5.32 Å². The third-order valence-corrected chi connectivity index (χ3v) is 2.90. The van der Waals surface area contributed by atoms with E-state index in [1.807, 2.05) is 0 Å². The molecule has 2 rings (SSSR count). The van der Waals surface area contributed by atoms with E-state index in [9.17, 15) is 0 Å². The van der Waals surface area contributed by atoms with Gasteiger partial charge in [-0.15, -0.1) is 0 Å². The number of hydrogen-bond acceptors (Lipinski definition) is 2. The molecule has 74 valence electrons. The lowest BCUT2D eigenvalue weighted by Crippen LogP contribution is -2.00. The van der Waals surface area contributed by atoms with Crippen molar-refractivity contribution in [3.05, 3.63) is 41.5 Å². The minimum Gasteiger partial charge on any atom is -0.385 e. The largest absolute Gasteiger partial charge is 0.385 e. The average molecular weight is 205 g/mol. The molecule has 0 fully saturated rings. The molecule has 1 atom stereocenters. The van der Waals surface area contributed by atoms with E-state index < -0.39 is 0 Å². The first-order valence-corrected chi connectivity index (χ1v) is 5.53. The lowest BCUT2D eigenvalue weighted by molar-refractivity contribution is 1.15. The second-order valence-electron chi connectivity index (χ2n) is 3.55. The predicted octanol–water partition coefficient (Wildman–Crippen LogP) is 2.90. The van der Waals surface area contributed by atoms with Crippen LogP contribution in [0.1, 0.15) is 12.5 Å². The Bertz CT molecular complexity index is 357. The number of hydrogen-bond donors (Lipinski definition) is 2. The van der Waals surface area contributed by atoms with Gasteiger partial charge in [-0.25, -0.2) is 0 Å². The van der Waals surface area contributed by atoms with Gasteiger partial charge in [-0.05, 0) is 25.0 Å². The van der Waals surface area contributed by atoms with Crippen molar-refractivity contribution in [2.45, 2.75) is 18.6 Å². The fourth-order valence-corrected chi connectivity index (χ4v) is 1.86. The molecule has 0 bridgehead atoms. The van der Waals surface area contributed by atoms with Crippen LogP contribution in [0, 0.1) is 0 Å². The minimum absolute atomic E-state index is 0.435. The van der Waals surface area contributed by atoms with Crippen LogP contribution in [0.2, 0.25) is 0 Å². The molecular formula is C12H15NS. The molecule has 0 spiro atoms. The van der Waals surface area contributed by atoms with Crippen LogP contribution in [0.15, 0.2) is 35.9 Å². The smallest absolute Gasteiger partial charge is 0.0413 e. The summed E-state index contributed by atoms with van der Waals surface area (Å²) in [6, 6.07) is 8.47. The molecule has 0 saturated carbocycles. The van der Waals surface area contributed by atoms with Gasteiger partial charge in [0.25, 0.3) is 0 Å². The van der Waals surface area contributed by atoms with Crippen LogP contribution in [-0.4, -0.2) is 11.8 Å². The van der Waals surface area contributed by atoms with Crippen molar-refractivity contribution in [2.24, 2.45) is 0 Å². The molecule has 1 aromatic rings. The maximum Gasteiger partial charge on any atom is 0.0413 e. The van der Waals surface area contributed by atoms with Crippen LogP contribution >= 0.6 is 12.6 Å². The van der Waals surface area contributed by atoms with Gasteiger partial charge in [-0.2, -0.15) is 12.6 Å². The Balaban J connectivity index is 2.10. The Labute approximate surface area is 90.6 Å². The molecule has 14 heavy (non-hydrogen) atoms. The third-order valence-electron chi connectivity index (χ3n) is 2.42. The van der Waals surface area contributed by atoms with Gasteiger partial charge in [0.15, 0.2) is 0 Å². The molecule has 1 aliphatic carbocycles. The summed E-state index contributed by atoms with van der Waals surface area (Å²) < 4.78 is 0. The molecule has 0 saturated heterocycles. The first-order chi connectivity index (χ1) is 6.81. The van der Waals surface area contributed by atoms with Crippen LogP contribution in [-0.2, 0) is 6.42 Å². The van der Waals surface area contributed by atoms with E-state index in [-0.39, 0.29) is 0 Å². The van der Waals surface area contributed by atoms with E-state index >= 15 is 0 Å². The summed E-state index contributed by atoms with van der Waals surface area (Å²) in [6.45, 7) is 3.09. The summed E-state index contributed by atoms with van der Waals surface area (Å²) in [7, 11) is 0. The molecule has 0 amide bonds. The Morgan fingerprint density at radius 2 is 2.07 bits per heavy atom. The molecule has 0 aromatic heterocycles. The minimum atomic E-state index is 0.435. The molecule has 1 aromatic carbocycles. The first kappa shape index (κ1) is 9.66. The van der Waals surface area contributed by atoms with Gasteiger partial charge in [-0.1, -0.05) is 29.8 Å². The van der Waals surface area contributed by atoms with Crippen LogP contribution in [0.25, 0.3) is 0 Å². The maximum atomic E-state index is 4.38. The molecule has 0 heterocycles. The maximum absolute atomic E-state index is 4.38. The molecular weight excluding hydrogens is 190 g/mol. The van der Waals surface area contributed by atoms with Crippen LogP contribution in [0.5, 0.6) is 0 Å². The number of rotatable bonds is 4. The standard InChI is InChI=1S/C12H15NS/c1-2-13-11-6-4-3-5-9(11)7-10-8-12(10)14/h3-6,8,12-14H,2,7H2,1H3. The molecule has 2 heteroatoms. The fraction of sp³-hybridized carbons (Fsp3) is 0.333. The number of para-hydroxylation sites is 1. The molecule has 0 radical (unpaired) electrons. The summed E-state index contributed by atoms with van der Waals surface area (Å²) in [5.74, 6) is 0. The SMILES string of the molecule is CCNc1ccccc1CC1=CC1S. The van der Waals surface area contributed by atoms with Crippen LogP contribution in [0.3, 0.4) is 0 Å². The number of thiol groups is 1. The summed E-state index contributed by atoms with van der Waals surface area (Å²) in [4.78, 5) is 0. The lowest BCUT2D eigenvalue weighted by atomic mass is 10.1. The highest BCUT2D eigenvalue weighted by Gasteiger charge is 2.20. The molecule has 1 aliphatic rings. The number of anilines is 1. The van der Waals surface area contributed by atoms with E-state index in [2.05, 4.69) is 55.2 Å². The topological polar surface area (TPSA) is 12.0 Å². The van der Waals surface area contributed by atoms with E-state index in [4.69, 9.17) is 0 Å². The Morgan fingerprint density at radius 3 is 2.71 bits per heavy atom. The van der Waals surface area contributed by atoms with Crippen LogP contribution in [0.4, 0.5) is 5.69 Å². The average Bonchev–Trinajstić information content (AvgIpc) is 2.86. The summed E-state index contributed by atoms with van der Waals surface area (Å²) >= 11 is 4.38. The Morgan fingerprint density at radius 1 is 1.36 bits per heavy atom.